The van der Waals surface area contributed by atoms with E-state index in [1.807, 2.05) is 12.1 Å². The van der Waals surface area contributed by atoms with Crippen molar-refractivity contribution >= 4 is 5.97 Å². The van der Waals surface area contributed by atoms with Gasteiger partial charge in [0.25, 0.3) is 0 Å². The molecule has 0 N–H and O–H groups in total. The Balaban J connectivity index is 1.76. The summed E-state index contributed by atoms with van der Waals surface area (Å²) < 4.78 is 0. The summed E-state index contributed by atoms with van der Waals surface area (Å²) in [5.41, 5.74) is 2.45. The van der Waals surface area contributed by atoms with Gasteiger partial charge < -0.3 is 0 Å². The van der Waals surface area contributed by atoms with Crippen LogP contribution in [0.15, 0.2) is 60.7 Å². The van der Waals surface area contributed by atoms with Gasteiger partial charge in [0.05, 0.1) is 5.92 Å². The van der Waals surface area contributed by atoms with Crippen molar-refractivity contribution in [3.8, 4) is 0 Å². The molecule has 3 fully saturated rings. The topological polar surface area (TPSA) is 35.5 Å². The number of rotatable bonds is 2. The Labute approximate surface area is 135 Å². The first kappa shape index (κ1) is 13.3. The molecule has 3 nitrogen and oxygen atoms in total. The lowest BCUT2D eigenvalue weighted by Gasteiger charge is -2.37. The number of fused-ring (bicyclic) bond motifs is 5. The molecule has 116 valence electrons. The highest BCUT2D eigenvalue weighted by Crippen LogP contribution is 2.66. The van der Waals surface area contributed by atoms with Crippen LogP contribution in [0, 0.1) is 17.8 Å². The second-order valence-corrected chi connectivity index (χ2v) is 6.88. The van der Waals surface area contributed by atoms with Gasteiger partial charge in [0.1, 0.15) is 6.10 Å². The zero-order chi connectivity index (χ0) is 15.4. The highest BCUT2D eigenvalue weighted by molar-refractivity contribution is 5.76. The second kappa shape index (κ2) is 4.68. The van der Waals surface area contributed by atoms with Crippen LogP contribution < -0.4 is 0 Å². The average molecular weight is 306 g/mol. The van der Waals surface area contributed by atoms with E-state index in [9.17, 15) is 4.79 Å². The summed E-state index contributed by atoms with van der Waals surface area (Å²) in [6, 6.07) is 21.2. The molecule has 2 bridgehead atoms. The van der Waals surface area contributed by atoms with E-state index in [-0.39, 0.29) is 35.2 Å². The maximum Gasteiger partial charge on any atom is 0.348 e. The molecular formula is C20H18O3. The van der Waals surface area contributed by atoms with Crippen molar-refractivity contribution in [2.75, 3.05) is 0 Å². The van der Waals surface area contributed by atoms with Crippen LogP contribution in [0.5, 0.6) is 0 Å². The van der Waals surface area contributed by atoms with E-state index in [2.05, 4.69) is 48.5 Å². The highest BCUT2D eigenvalue weighted by Gasteiger charge is 2.70. The molecular weight excluding hydrogens is 288 g/mol. The predicted molar refractivity (Wildman–Crippen MR) is 84.3 cm³/mol. The van der Waals surface area contributed by atoms with E-state index in [0.29, 0.717) is 0 Å². The van der Waals surface area contributed by atoms with Crippen molar-refractivity contribution < 1.29 is 14.6 Å². The van der Waals surface area contributed by atoms with Gasteiger partial charge in [-0.05, 0) is 29.9 Å². The zero-order valence-corrected chi connectivity index (χ0v) is 12.7. The molecule has 0 unspecified atom stereocenters. The zero-order valence-electron chi connectivity index (χ0n) is 12.7. The highest BCUT2D eigenvalue weighted by atomic mass is 17.2. The number of carbonyl (C=O) groups excluding carboxylic acids is 1. The van der Waals surface area contributed by atoms with Crippen LogP contribution in [0.2, 0.25) is 0 Å². The minimum absolute atomic E-state index is 0.110. The fourth-order valence-electron chi connectivity index (χ4n) is 5.49. The monoisotopic (exact) mass is 306 g/mol. The number of carbonyl (C=O) groups is 1. The van der Waals surface area contributed by atoms with Crippen molar-refractivity contribution in [1.29, 1.82) is 0 Å². The van der Waals surface area contributed by atoms with Gasteiger partial charge >= 0.3 is 5.97 Å². The van der Waals surface area contributed by atoms with Gasteiger partial charge in [-0.3, -0.25) is 4.89 Å². The Morgan fingerprint density at radius 1 is 0.826 bits per heavy atom. The Morgan fingerprint density at radius 3 is 1.96 bits per heavy atom. The third-order valence-electron chi connectivity index (χ3n) is 6.16. The molecule has 1 heterocycles. The maximum atomic E-state index is 12.2. The number of hydrogen-bond acceptors (Lipinski definition) is 3. The molecule has 2 aromatic carbocycles. The molecule has 0 aromatic heterocycles. The Bertz CT molecular complexity index is 700. The lowest BCUT2D eigenvalue weighted by Crippen LogP contribution is -2.36. The molecule has 0 spiro atoms. The predicted octanol–water partition coefficient (Wildman–Crippen LogP) is 3.49. The van der Waals surface area contributed by atoms with Gasteiger partial charge in [-0.1, -0.05) is 60.7 Å². The molecule has 4 atom stereocenters. The molecule has 1 aliphatic heterocycles. The van der Waals surface area contributed by atoms with E-state index in [1.54, 1.807) is 0 Å². The fraction of sp³-hybridized carbons (Fsp3) is 0.350. The van der Waals surface area contributed by atoms with Gasteiger partial charge in [-0.2, -0.15) is 4.89 Å². The SMILES string of the molecule is O=C1OO[C@H]2[C@H]1[C@H]1CC[C@@H]2C1(c1ccccc1)c1ccccc1. The molecule has 2 aliphatic carbocycles. The van der Waals surface area contributed by atoms with Crippen LogP contribution in [0.1, 0.15) is 24.0 Å². The first-order chi connectivity index (χ1) is 11.3. The summed E-state index contributed by atoms with van der Waals surface area (Å²) in [4.78, 5) is 22.6. The minimum atomic E-state index is -0.182. The Kier molecular flexibility index (Phi) is 2.71. The van der Waals surface area contributed by atoms with Crippen molar-refractivity contribution in [3.63, 3.8) is 0 Å². The van der Waals surface area contributed by atoms with Gasteiger partial charge in [-0.15, -0.1) is 0 Å². The average Bonchev–Trinajstić information content (AvgIpc) is 3.26. The molecule has 3 aliphatic rings. The van der Waals surface area contributed by atoms with Crippen LogP contribution in [-0.4, -0.2) is 12.1 Å². The molecule has 0 amide bonds. The molecule has 3 heteroatoms. The van der Waals surface area contributed by atoms with Gasteiger partial charge in [-0.25, -0.2) is 4.79 Å². The van der Waals surface area contributed by atoms with E-state index in [4.69, 9.17) is 9.78 Å². The van der Waals surface area contributed by atoms with Crippen LogP contribution in [0.3, 0.4) is 0 Å². The standard InChI is InChI=1S/C20H18O3/c21-19-17-15-11-12-16(18(17)22-23-19)20(15,13-7-3-1-4-8-13)14-9-5-2-6-10-14/h1-10,15-18H,11-12H2/t15-,16+,17-,18-/m1/s1. The summed E-state index contributed by atoms with van der Waals surface area (Å²) in [7, 11) is 0. The van der Waals surface area contributed by atoms with Crippen molar-refractivity contribution in [3.05, 3.63) is 71.8 Å². The normalized spacial score (nSPS) is 33.5. The Hall–Kier alpha value is -2.13. The van der Waals surface area contributed by atoms with Crippen molar-refractivity contribution in [1.82, 2.24) is 0 Å². The first-order valence-corrected chi connectivity index (χ1v) is 8.31. The van der Waals surface area contributed by atoms with Crippen LogP contribution >= 0.6 is 0 Å². The smallest absolute Gasteiger partial charge is 0.298 e. The number of benzene rings is 2. The third kappa shape index (κ3) is 1.56. The van der Waals surface area contributed by atoms with E-state index in [0.717, 1.165) is 12.8 Å². The maximum absolute atomic E-state index is 12.2. The molecule has 2 saturated carbocycles. The van der Waals surface area contributed by atoms with Crippen LogP contribution in [0.4, 0.5) is 0 Å². The van der Waals surface area contributed by atoms with Crippen LogP contribution in [-0.2, 0) is 20.0 Å². The molecule has 23 heavy (non-hydrogen) atoms. The number of hydrogen-bond donors (Lipinski definition) is 0. The van der Waals surface area contributed by atoms with Gasteiger partial charge in [0.2, 0.25) is 0 Å². The van der Waals surface area contributed by atoms with Gasteiger partial charge in [0, 0.05) is 11.3 Å². The van der Waals surface area contributed by atoms with E-state index in [1.165, 1.54) is 11.1 Å². The van der Waals surface area contributed by atoms with Gasteiger partial charge in [0.15, 0.2) is 0 Å². The quantitative estimate of drug-likeness (QED) is 0.797. The summed E-state index contributed by atoms with van der Waals surface area (Å²) in [5, 5.41) is 0. The Morgan fingerprint density at radius 2 is 1.39 bits per heavy atom. The largest absolute Gasteiger partial charge is 0.348 e. The van der Waals surface area contributed by atoms with Crippen LogP contribution in [0.25, 0.3) is 0 Å². The summed E-state index contributed by atoms with van der Waals surface area (Å²) in [6.07, 6.45) is 2.02. The van der Waals surface area contributed by atoms with Crippen molar-refractivity contribution in [2.45, 2.75) is 24.4 Å². The fourth-order valence-corrected chi connectivity index (χ4v) is 5.49. The van der Waals surface area contributed by atoms with Crippen molar-refractivity contribution in [2.24, 2.45) is 17.8 Å². The summed E-state index contributed by atoms with van der Waals surface area (Å²) in [5.74, 6) is 0.221. The minimum Gasteiger partial charge on any atom is -0.298 e. The van der Waals surface area contributed by atoms with E-state index < -0.39 is 0 Å². The second-order valence-electron chi connectivity index (χ2n) is 6.88. The lowest BCUT2D eigenvalue weighted by atomic mass is 9.66. The first-order valence-electron chi connectivity index (χ1n) is 8.31. The molecule has 2 aromatic rings. The third-order valence-corrected chi connectivity index (χ3v) is 6.16. The molecule has 5 rings (SSSR count). The summed E-state index contributed by atoms with van der Waals surface area (Å²) in [6.45, 7) is 0. The van der Waals surface area contributed by atoms with E-state index >= 15 is 0 Å². The molecule has 1 saturated heterocycles. The lowest BCUT2D eigenvalue weighted by molar-refractivity contribution is -0.270. The molecule has 0 radical (unpaired) electrons. The summed E-state index contributed by atoms with van der Waals surface area (Å²) >= 11 is 0.